The molecule has 14 heavy (non-hydrogen) atoms. The lowest BCUT2D eigenvalue weighted by atomic mass is 10.0. The van der Waals surface area contributed by atoms with E-state index < -0.39 is 0 Å². The van der Waals surface area contributed by atoms with E-state index in [1.165, 1.54) is 39.2 Å². The molecular weight excluding hydrogens is 176 g/mol. The van der Waals surface area contributed by atoms with E-state index in [2.05, 4.69) is 11.7 Å². The third kappa shape index (κ3) is 6.93. The number of rotatable bonds is 8. The summed E-state index contributed by atoms with van der Waals surface area (Å²) < 4.78 is 4.67. The molecule has 0 bridgehead atoms. The number of unbranched alkanes of at least 4 members (excludes halogenated alkanes) is 5. The number of carbonyl (C=O) groups excluding carboxylic acids is 1. The van der Waals surface area contributed by atoms with Crippen LogP contribution in [0, 0.1) is 5.92 Å². The highest BCUT2D eigenvalue weighted by atomic mass is 16.5. The molecule has 84 valence electrons. The first kappa shape index (κ1) is 13.5. The van der Waals surface area contributed by atoms with Gasteiger partial charge in [-0.05, 0) is 6.42 Å². The average molecular weight is 200 g/mol. The molecular formula is C12H24O2. The molecule has 0 aromatic heterocycles. The molecule has 0 N–H and O–H groups in total. The molecule has 0 heterocycles. The Balaban J connectivity index is 3.23. The van der Waals surface area contributed by atoms with Gasteiger partial charge in [-0.3, -0.25) is 4.79 Å². The number of hydrogen-bond acceptors (Lipinski definition) is 2. The van der Waals surface area contributed by atoms with E-state index in [1.54, 1.807) is 0 Å². The van der Waals surface area contributed by atoms with Gasteiger partial charge in [-0.1, -0.05) is 52.4 Å². The number of hydrogen-bond donors (Lipinski definition) is 0. The Kier molecular flexibility index (Phi) is 8.70. The standard InChI is InChI=1S/C12H24O2/c1-4-5-6-7-8-9-10-11(2)12(13)14-3/h11H,4-10H2,1-3H3/t11-/m0/s1. The molecule has 0 aromatic carbocycles. The zero-order chi connectivity index (χ0) is 10.8. The fourth-order valence-corrected chi connectivity index (χ4v) is 1.55. The third-order valence-electron chi connectivity index (χ3n) is 2.59. The average Bonchev–Trinajstić information content (AvgIpc) is 2.21. The minimum Gasteiger partial charge on any atom is -0.469 e. The van der Waals surface area contributed by atoms with Crippen LogP contribution >= 0.6 is 0 Å². The first-order valence-electron chi connectivity index (χ1n) is 5.80. The molecule has 0 amide bonds. The van der Waals surface area contributed by atoms with E-state index in [-0.39, 0.29) is 11.9 Å². The van der Waals surface area contributed by atoms with Crippen molar-refractivity contribution in [3.8, 4) is 0 Å². The minimum atomic E-state index is -0.0708. The second-order valence-corrected chi connectivity index (χ2v) is 3.98. The number of ether oxygens (including phenoxy) is 1. The summed E-state index contributed by atoms with van der Waals surface area (Å²) in [5, 5.41) is 0. The summed E-state index contributed by atoms with van der Waals surface area (Å²) in [5.41, 5.74) is 0. The van der Waals surface area contributed by atoms with E-state index in [0.29, 0.717) is 0 Å². The van der Waals surface area contributed by atoms with Crippen LogP contribution in [-0.4, -0.2) is 13.1 Å². The van der Waals surface area contributed by atoms with Crippen molar-refractivity contribution in [2.45, 2.75) is 58.8 Å². The Bertz CT molecular complexity index is 143. The summed E-state index contributed by atoms with van der Waals surface area (Å²) in [6, 6.07) is 0. The number of esters is 1. The van der Waals surface area contributed by atoms with E-state index >= 15 is 0 Å². The largest absolute Gasteiger partial charge is 0.469 e. The minimum absolute atomic E-state index is 0.0708. The Morgan fingerprint density at radius 3 is 2.29 bits per heavy atom. The fraction of sp³-hybridized carbons (Fsp3) is 0.917. The van der Waals surface area contributed by atoms with Gasteiger partial charge in [-0.15, -0.1) is 0 Å². The van der Waals surface area contributed by atoms with Gasteiger partial charge in [-0.2, -0.15) is 0 Å². The molecule has 0 saturated heterocycles. The van der Waals surface area contributed by atoms with Crippen LogP contribution in [0.25, 0.3) is 0 Å². The molecule has 0 radical (unpaired) electrons. The van der Waals surface area contributed by atoms with Gasteiger partial charge in [-0.25, -0.2) is 0 Å². The number of methoxy groups -OCH3 is 1. The molecule has 0 rings (SSSR count). The van der Waals surface area contributed by atoms with Gasteiger partial charge in [0.05, 0.1) is 13.0 Å². The second kappa shape index (κ2) is 9.04. The van der Waals surface area contributed by atoms with Crippen LogP contribution in [-0.2, 0) is 9.53 Å². The zero-order valence-corrected chi connectivity index (χ0v) is 9.84. The molecule has 0 fully saturated rings. The first-order chi connectivity index (χ1) is 6.72. The van der Waals surface area contributed by atoms with E-state index in [4.69, 9.17) is 0 Å². The van der Waals surface area contributed by atoms with Crippen molar-refractivity contribution in [1.29, 1.82) is 0 Å². The topological polar surface area (TPSA) is 26.3 Å². The van der Waals surface area contributed by atoms with Gasteiger partial charge >= 0.3 is 5.97 Å². The Labute approximate surface area is 88.0 Å². The molecule has 0 spiro atoms. The monoisotopic (exact) mass is 200 g/mol. The van der Waals surface area contributed by atoms with Crippen molar-refractivity contribution in [2.75, 3.05) is 7.11 Å². The van der Waals surface area contributed by atoms with Crippen LogP contribution in [0.3, 0.4) is 0 Å². The summed E-state index contributed by atoms with van der Waals surface area (Å²) in [6.07, 6.45) is 8.65. The summed E-state index contributed by atoms with van der Waals surface area (Å²) in [7, 11) is 1.46. The Morgan fingerprint density at radius 2 is 1.71 bits per heavy atom. The predicted octanol–water partition coefficient (Wildman–Crippen LogP) is 3.55. The SMILES string of the molecule is CCCCCCCC[C@H](C)C(=O)OC. The second-order valence-electron chi connectivity index (χ2n) is 3.98. The fourth-order valence-electron chi connectivity index (χ4n) is 1.55. The van der Waals surface area contributed by atoms with Crippen molar-refractivity contribution < 1.29 is 9.53 Å². The molecule has 0 saturated carbocycles. The summed E-state index contributed by atoms with van der Waals surface area (Å²) >= 11 is 0. The molecule has 1 atom stereocenters. The lowest BCUT2D eigenvalue weighted by Gasteiger charge is -2.08. The van der Waals surface area contributed by atoms with Gasteiger partial charge in [0, 0.05) is 0 Å². The molecule has 0 aromatic rings. The predicted molar refractivity (Wildman–Crippen MR) is 59.2 cm³/mol. The summed E-state index contributed by atoms with van der Waals surface area (Å²) in [4.78, 5) is 11.1. The zero-order valence-electron chi connectivity index (χ0n) is 9.84. The normalized spacial score (nSPS) is 12.5. The highest BCUT2D eigenvalue weighted by Crippen LogP contribution is 2.12. The molecule has 2 heteroatoms. The van der Waals surface area contributed by atoms with Crippen LogP contribution in [0.15, 0.2) is 0 Å². The van der Waals surface area contributed by atoms with E-state index in [1.807, 2.05) is 6.92 Å². The summed E-state index contributed by atoms with van der Waals surface area (Å²) in [5.74, 6) is 0.00438. The van der Waals surface area contributed by atoms with Crippen molar-refractivity contribution >= 4 is 5.97 Å². The van der Waals surface area contributed by atoms with Crippen molar-refractivity contribution in [2.24, 2.45) is 5.92 Å². The highest BCUT2D eigenvalue weighted by molar-refractivity contribution is 5.71. The smallest absolute Gasteiger partial charge is 0.308 e. The van der Waals surface area contributed by atoms with Crippen LogP contribution in [0.2, 0.25) is 0 Å². The van der Waals surface area contributed by atoms with Gasteiger partial charge in [0.25, 0.3) is 0 Å². The van der Waals surface area contributed by atoms with Gasteiger partial charge in [0.15, 0.2) is 0 Å². The first-order valence-corrected chi connectivity index (χ1v) is 5.80. The lowest BCUT2D eigenvalue weighted by molar-refractivity contribution is -0.145. The molecule has 0 aliphatic rings. The van der Waals surface area contributed by atoms with Crippen molar-refractivity contribution in [3.63, 3.8) is 0 Å². The van der Waals surface area contributed by atoms with Gasteiger partial charge < -0.3 is 4.74 Å². The van der Waals surface area contributed by atoms with Crippen LogP contribution in [0.1, 0.15) is 58.8 Å². The molecule has 0 aliphatic heterocycles. The van der Waals surface area contributed by atoms with Gasteiger partial charge in [0.2, 0.25) is 0 Å². The maximum absolute atomic E-state index is 11.1. The quantitative estimate of drug-likeness (QED) is 0.442. The highest BCUT2D eigenvalue weighted by Gasteiger charge is 2.11. The van der Waals surface area contributed by atoms with E-state index in [9.17, 15) is 4.79 Å². The van der Waals surface area contributed by atoms with Crippen molar-refractivity contribution in [3.05, 3.63) is 0 Å². The van der Waals surface area contributed by atoms with Gasteiger partial charge in [0.1, 0.15) is 0 Å². The van der Waals surface area contributed by atoms with Crippen LogP contribution in [0.4, 0.5) is 0 Å². The lowest BCUT2D eigenvalue weighted by Crippen LogP contribution is -2.12. The molecule has 0 aliphatic carbocycles. The third-order valence-corrected chi connectivity index (χ3v) is 2.59. The number of carbonyl (C=O) groups is 1. The van der Waals surface area contributed by atoms with Crippen LogP contribution in [0.5, 0.6) is 0 Å². The molecule has 2 nitrogen and oxygen atoms in total. The van der Waals surface area contributed by atoms with E-state index in [0.717, 1.165) is 12.8 Å². The molecule has 0 unspecified atom stereocenters. The Morgan fingerprint density at radius 1 is 1.14 bits per heavy atom. The maximum atomic E-state index is 11.1. The Hall–Kier alpha value is -0.530. The van der Waals surface area contributed by atoms with Crippen molar-refractivity contribution in [1.82, 2.24) is 0 Å². The van der Waals surface area contributed by atoms with Crippen LogP contribution < -0.4 is 0 Å². The maximum Gasteiger partial charge on any atom is 0.308 e. The summed E-state index contributed by atoms with van der Waals surface area (Å²) in [6.45, 7) is 4.16.